The third-order valence-corrected chi connectivity index (χ3v) is 2.57. The molecule has 1 N–H and O–H groups in total. The first kappa shape index (κ1) is 14.9. The largest absolute Gasteiger partial charge is 0.416 e. The molecule has 2 aromatic rings. The molecule has 0 radical (unpaired) electrons. The van der Waals surface area contributed by atoms with E-state index in [1.165, 1.54) is 6.33 Å². The van der Waals surface area contributed by atoms with Gasteiger partial charge in [0.2, 0.25) is 5.89 Å². The van der Waals surface area contributed by atoms with E-state index in [9.17, 15) is 22.4 Å². The van der Waals surface area contributed by atoms with Crippen molar-refractivity contribution in [2.75, 3.05) is 6.54 Å². The highest BCUT2D eigenvalue weighted by Gasteiger charge is 2.31. The van der Waals surface area contributed by atoms with Gasteiger partial charge in [0.1, 0.15) is 5.82 Å². The Balaban J connectivity index is 2.04. The highest BCUT2D eigenvalue weighted by atomic mass is 19.4. The van der Waals surface area contributed by atoms with E-state index >= 15 is 0 Å². The van der Waals surface area contributed by atoms with Gasteiger partial charge in [0.25, 0.3) is 5.91 Å². The van der Waals surface area contributed by atoms with Crippen molar-refractivity contribution in [2.24, 2.45) is 0 Å². The first-order chi connectivity index (χ1) is 9.88. The van der Waals surface area contributed by atoms with Crippen molar-refractivity contribution >= 4 is 5.91 Å². The summed E-state index contributed by atoms with van der Waals surface area (Å²) in [5.41, 5.74) is -1.76. The van der Waals surface area contributed by atoms with Gasteiger partial charge < -0.3 is 9.84 Å². The molecule has 9 heteroatoms. The van der Waals surface area contributed by atoms with Crippen LogP contribution in [0, 0.1) is 5.82 Å². The molecule has 1 aromatic carbocycles. The van der Waals surface area contributed by atoms with Crippen LogP contribution in [0.3, 0.4) is 0 Å². The summed E-state index contributed by atoms with van der Waals surface area (Å²) in [6.07, 6.45) is -3.29. The Hall–Kier alpha value is -2.45. The van der Waals surface area contributed by atoms with E-state index in [0.29, 0.717) is 18.2 Å². The number of alkyl halides is 3. The standard InChI is InChI=1S/C12H9F4N3O2/c13-9-2-1-7(12(14,15)16)5-8(9)11(20)17-4-3-10-18-6-19-21-10/h1-2,5-6H,3-4H2,(H,17,20). The second-order valence-electron chi connectivity index (χ2n) is 4.03. The molecule has 21 heavy (non-hydrogen) atoms. The highest BCUT2D eigenvalue weighted by molar-refractivity contribution is 5.94. The summed E-state index contributed by atoms with van der Waals surface area (Å²) in [4.78, 5) is 15.4. The first-order valence-electron chi connectivity index (χ1n) is 5.78. The molecule has 1 heterocycles. The van der Waals surface area contributed by atoms with Crippen molar-refractivity contribution in [1.82, 2.24) is 15.5 Å². The Morgan fingerprint density at radius 3 is 2.71 bits per heavy atom. The van der Waals surface area contributed by atoms with Crippen molar-refractivity contribution in [2.45, 2.75) is 12.6 Å². The van der Waals surface area contributed by atoms with Crippen LogP contribution in [0.5, 0.6) is 0 Å². The van der Waals surface area contributed by atoms with E-state index < -0.39 is 29.0 Å². The summed E-state index contributed by atoms with van der Waals surface area (Å²) in [5, 5.41) is 5.63. The minimum atomic E-state index is -4.65. The van der Waals surface area contributed by atoms with Gasteiger partial charge in [-0.2, -0.15) is 18.2 Å². The van der Waals surface area contributed by atoms with Crippen LogP contribution in [0.15, 0.2) is 29.0 Å². The summed E-state index contributed by atoms with van der Waals surface area (Å²) >= 11 is 0. The quantitative estimate of drug-likeness (QED) is 0.879. The molecule has 0 fully saturated rings. The summed E-state index contributed by atoms with van der Waals surface area (Å²) in [6, 6.07) is 1.65. The molecular formula is C12H9F4N3O2. The fraction of sp³-hybridized carbons (Fsp3) is 0.250. The van der Waals surface area contributed by atoms with E-state index in [-0.39, 0.29) is 18.9 Å². The second kappa shape index (κ2) is 5.90. The van der Waals surface area contributed by atoms with Crippen LogP contribution in [0.1, 0.15) is 21.8 Å². The van der Waals surface area contributed by atoms with Crippen molar-refractivity contribution in [1.29, 1.82) is 0 Å². The number of carbonyl (C=O) groups excluding carboxylic acids is 1. The van der Waals surface area contributed by atoms with Gasteiger partial charge in [0.05, 0.1) is 11.1 Å². The number of nitrogens with one attached hydrogen (secondary N) is 1. The lowest BCUT2D eigenvalue weighted by atomic mass is 10.1. The van der Waals surface area contributed by atoms with E-state index in [2.05, 4.69) is 20.0 Å². The fourth-order valence-electron chi connectivity index (χ4n) is 1.56. The van der Waals surface area contributed by atoms with Gasteiger partial charge in [-0.15, -0.1) is 0 Å². The number of hydrogen-bond donors (Lipinski definition) is 1. The monoisotopic (exact) mass is 303 g/mol. The van der Waals surface area contributed by atoms with Gasteiger partial charge in [-0.3, -0.25) is 4.79 Å². The van der Waals surface area contributed by atoms with E-state index in [0.717, 1.165) is 0 Å². The second-order valence-corrected chi connectivity index (χ2v) is 4.03. The zero-order valence-electron chi connectivity index (χ0n) is 10.4. The fourth-order valence-corrected chi connectivity index (χ4v) is 1.56. The molecule has 0 aliphatic carbocycles. The molecule has 112 valence electrons. The van der Waals surface area contributed by atoms with Crippen molar-refractivity contribution in [3.05, 3.63) is 47.4 Å². The van der Waals surface area contributed by atoms with Crippen LogP contribution in [0.4, 0.5) is 17.6 Å². The molecule has 0 aliphatic rings. The van der Waals surface area contributed by atoms with Gasteiger partial charge in [-0.25, -0.2) is 4.39 Å². The Labute approximate surface area is 116 Å². The zero-order valence-corrected chi connectivity index (χ0v) is 10.4. The summed E-state index contributed by atoms with van der Waals surface area (Å²) in [7, 11) is 0. The molecule has 0 bridgehead atoms. The minimum absolute atomic E-state index is 0.0245. The Kier molecular flexibility index (Phi) is 4.20. The third-order valence-electron chi connectivity index (χ3n) is 2.57. The number of rotatable bonds is 4. The van der Waals surface area contributed by atoms with Crippen molar-refractivity contribution in [3.63, 3.8) is 0 Å². The molecule has 0 atom stereocenters. The first-order valence-corrected chi connectivity index (χ1v) is 5.78. The van der Waals surface area contributed by atoms with Crippen molar-refractivity contribution in [3.8, 4) is 0 Å². The average Bonchev–Trinajstić information content (AvgIpc) is 2.91. The maximum Gasteiger partial charge on any atom is 0.416 e. The van der Waals surface area contributed by atoms with E-state index in [1.807, 2.05) is 0 Å². The molecular weight excluding hydrogens is 294 g/mol. The van der Waals surface area contributed by atoms with Gasteiger partial charge in [-0.1, -0.05) is 5.16 Å². The zero-order chi connectivity index (χ0) is 15.5. The molecule has 0 spiro atoms. The summed E-state index contributed by atoms with van der Waals surface area (Å²) in [6.45, 7) is 0.0245. The van der Waals surface area contributed by atoms with Gasteiger partial charge >= 0.3 is 6.18 Å². The molecule has 0 saturated carbocycles. The SMILES string of the molecule is O=C(NCCc1ncno1)c1cc(C(F)(F)F)ccc1F. The van der Waals surface area contributed by atoms with Crippen LogP contribution in [0.2, 0.25) is 0 Å². The van der Waals surface area contributed by atoms with Gasteiger partial charge in [-0.05, 0) is 18.2 Å². The number of benzene rings is 1. The summed E-state index contributed by atoms with van der Waals surface area (Å²) in [5.74, 6) is -1.73. The molecule has 0 unspecified atom stereocenters. The van der Waals surface area contributed by atoms with Crippen LogP contribution in [0.25, 0.3) is 0 Å². The molecule has 2 rings (SSSR count). The van der Waals surface area contributed by atoms with E-state index in [1.54, 1.807) is 0 Å². The van der Waals surface area contributed by atoms with Crippen LogP contribution >= 0.6 is 0 Å². The number of hydrogen-bond acceptors (Lipinski definition) is 4. The molecule has 0 saturated heterocycles. The normalized spacial score (nSPS) is 11.4. The van der Waals surface area contributed by atoms with E-state index in [4.69, 9.17) is 0 Å². The number of amides is 1. The number of halogens is 4. The maximum atomic E-state index is 13.4. The predicted octanol–water partition coefficient (Wildman–Crippen LogP) is 2.20. The minimum Gasteiger partial charge on any atom is -0.351 e. The highest BCUT2D eigenvalue weighted by Crippen LogP contribution is 2.30. The Morgan fingerprint density at radius 2 is 2.10 bits per heavy atom. The lowest BCUT2D eigenvalue weighted by Crippen LogP contribution is -2.27. The molecule has 1 aromatic heterocycles. The molecule has 5 nitrogen and oxygen atoms in total. The van der Waals surface area contributed by atoms with Gasteiger partial charge in [0, 0.05) is 13.0 Å². The molecule has 0 aliphatic heterocycles. The van der Waals surface area contributed by atoms with Crippen molar-refractivity contribution < 1.29 is 26.9 Å². The van der Waals surface area contributed by atoms with Crippen LogP contribution in [-0.4, -0.2) is 22.6 Å². The number of aromatic nitrogens is 2. The lowest BCUT2D eigenvalue weighted by molar-refractivity contribution is -0.137. The summed E-state index contributed by atoms with van der Waals surface area (Å²) < 4.78 is 55.7. The van der Waals surface area contributed by atoms with Crippen LogP contribution < -0.4 is 5.32 Å². The maximum absolute atomic E-state index is 13.4. The van der Waals surface area contributed by atoms with Gasteiger partial charge in [0.15, 0.2) is 6.33 Å². The third kappa shape index (κ3) is 3.77. The topological polar surface area (TPSA) is 68.0 Å². The number of carbonyl (C=O) groups is 1. The molecule has 1 amide bonds. The Morgan fingerprint density at radius 1 is 1.33 bits per heavy atom. The Bertz CT molecular complexity index is 626. The smallest absolute Gasteiger partial charge is 0.351 e. The average molecular weight is 303 g/mol. The number of nitrogens with zero attached hydrogens (tertiary/aromatic N) is 2. The van der Waals surface area contributed by atoms with Crippen LogP contribution in [-0.2, 0) is 12.6 Å². The lowest BCUT2D eigenvalue weighted by Gasteiger charge is -2.09. The predicted molar refractivity (Wildman–Crippen MR) is 61.7 cm³/mol.